The summed E-state index contributed by atoms with van der Waals surface area (Å²) in [4.78, 5) is 1.05. The van der Waals surface area contributed by atoms with E-state index in [1.807, 2.05) is 24.9 Å². The van der Waals surface area contributed by atoms with Crippen molar-refractivity contribution in [3.63, 3.8) is 0 Å². The van der Waals surface area contributed by atoms with Crippen LogP contribution in [0.2, 0.25) is 0 Å². The monoisotopic (exact) mass is 306 g/mol. The predicted octanol–water partition coefficient (Wildman–Crippen LogP) is 1.59. The highest BCUT2D eigenvalue weighted by Crippen LogP contribution is 2.28. The van der Waals surface area contributed by atoms with Crippen molar-refractivity contribution in [3.8, 4) is 0 Å². The molecule has 1 aliphatic heterocycles. The summed E-state index contributed by atoms with van der Waals surface area (Å²) in [6.07, 6.45) is 0. The highest BCUT2D eigenvalue weighted by Gasteiger charge is 2.29. The number of nitrogens with zero attached hydrogens (tertiary/aromatic N) is 1. The Labute approximate surface area is 117 Å². The third-order valence-corrected chi connectivity index (χ3v) is 7.34. The van der Waals surface area contributed by atoms with E-state index in [9.17, 15) is 8.42 Å². The third-order valence-electron chi connectivity index (χ3n) is 2.79. The van der Waals surface area contributed by atoms with Gasteiger partial charge in [0.05, 0.1) is 0 Å². The van der Waals surface area contributed by atoms with Gasteiger partial charge in [0.15, 0.2) is 0 Å². The molecule has 2 heterocycles. The van der Waals surface area contributed by atoms with E-state index in [4.69, 9.17) is 0 Å². The van der Waals surface area contributed by atoms with Gasteiger partial charge in [-0.1, -0.05) is 6.92 Å². The van der Waals surface area contributed by atoms with Crippen molar-refractivity contribution in [2.45, 2.75) is 22.9 Å². The molecule has 4 nitrogen and oxygen atoms in total. The summed E-state index contributed by atoms with van der Waals surface area (Å²) in [7, 11) is -1.42. The molecule has 0 saturated carbocycles. The molecule has 1 atom stereocenters. The molecular weight excluding hydrogens is 288 g/mol. The summed E-state index contributed by atoms with van der Waals surface area (Å²) in [5.74, 6) is 0.884. The summed E-state index contributed by atoms with van der Waals surface area (Å²) in [5, 5.41) is 3.41. The van der Waals surface area contributed by atoms with Crippen molar-refractivity contribution in [1.29, 1.82) is 0 Å². The molecule has 0 spiro atoms. The maximum atomic E-state index is 12.5. The van der Waals surface area contributed by atoms with Crippen LogP contribution in [0.1, 0.15) is 11.8 Å². The number of rotatable bonds is 4. The Balaban J connectivity index is 2.18. The summed E-state index contributed by atoms with van der Waals surface area (Å²) >= 11 is 3.19. The minimum atomic E-state index is -3.28. The van der Waals surface area contributed by atoms with Crippen LogP contribution in [-0.4, -0.2) is 43.9 Å². The lowest BCUT2D eigenvalue weighted by Gasteiger charge is -2.29. The first kappa shape index (κ1) is 14.3. The van der Waals surface area contributed by atoms with Gasteiger partial charge in [-0.15, -0.1) is 11.3 Å². The molecule has 0 bridgehead atoms. The van der Waals surface area contributed by atoms with Crippen LogP contribution >= 0.6 is 23.1 Å². The summed E-state index contributed by atoms with van der Waals surface area (Å²) in [5.41, 5.74) is 0. The number of sulfonamides is 1. The number of hydrogen-bond acceptors (Lipinski definition) is 5. The fourth-order valence-corrected chi connectivity index (χ4v) is 6.17. The van der Waals surface area contributed by atoms with Crippen LogP contribution in [0.15, 0.2) is 16.3 Å². The minimum Gasteiger partial charge on any atom is -0.315 e. The van der Waals surface area contributed by atoms with E-state index in [0.29, 0.717) is 29.1 Å². The molecule has 1 fully saturated rings. The van der Waals surface area contributed by atoms with E-state index < -0.39 is 10.0 Å². The quantitative estimate of drug-likeness (QED) is 0.918. The second-order valence-corrected chi connectivity index (χ2v) is 9.17. The Hall–Kier alpha value is -0.0800. The maximum absolute atomic E-state index is 12.5. The van der Waals surface area contributed by atoms with Gasteiger partial charge < -0.3 is 5.32 Å². The standard InChI is InChI=1S/C11H18N2O2S3/c1-9-8-13(5-6-16-9)18(14,15)11-4-3-10(17-11)7-12-2/h3-4,9,12H,5-8H2,1-2H3. The molecule has 1 N–H and O–H groups in total. The molecule has 0 radical (unpaired) electrons. The molecule has 0 amide bonds. The molecule has 0 aliphatic carbocycles. The number of nitrogens with one attached hydrogen (secondary N) is 1. The smallest absolute Gasteiger partial charge is 0.252 e. The van der Waals surface area contributed by atoms with Gasteiger partial charge in [-0.2, -0.15) is 16.1 Å². The summed E-state index contributed by atoms with van der Waals surface area (Å²) in [6.45, 7) is 4.03. The number of thioether (sulfide) groups is 1. The normalized spacial score (nSPS) is 22.2. The first-order valence-corrected chi connectivity index (χ1v) is 9.19. The second kappa shape index (κ2) is 5.92. The topological polar surface area (TPSA) is 49.4 Å². The number of thiophene rings is 1. The Bertz CT molecular complexity index is 498. The van der Waals surface area contributed by atoms with Gasteiger partial charge in [0.1, 0.15) is 4.21 Å². The molecule has 18 heavy (non-hydrogen) atoms. The lowest BCUT2D eigenvalue weighted by atomic mass is 10.4. The summed E-state index contributed by atoms with van der Waals surface area (Å²) < 4.78 is 27.0. The van der Waals surface area contributed by atoms with Crippen molar-refractivity contribution >= 4 is 33.1 Å². The van der Waals surface area contributed by atoms with Crippen molar-refractivity contribution < 1.29 is 8.42 Å². The second-order valence-electron chi connectivity index (χ2n) is 4.30. The van der Waals surface area contributed by atoms with E-state index in [1.165, 1.54) is 11.3 Å². The van der Waals surface area contributed by atoms with E-state index in [1.54, 1.807) is 10.4 Å². The largest absolute Gasteiger partial charge is 0.315 e. The van der Waals surface area contributed by atoms with E-state index in [2.05, 4.69) is 12.2 Å². The van der Waals surface area contributed by atoms with Crippen LogP contribution in [0.3, 0.4) is 0 Å². The van der Waals surface area contributed by atoms with Gasteiger partial charge >= 0.3 is 0 Å². The van der Waals surface area contributed by atoms with Gasteiger partial charge in [0.25, 0.3) is 10.0 Å². The molecular formula is C11H18N2O2S3. The van der Waals surface area contributed by atoms with Crippen LogP contribution in [-0.2, 0) is 16.6 Å². The maximum Gasteiger partial charge on any atom is 0.252 e. The fraction of sp³-hybridized carbons (Fsp3) is 0.636. The highest BCUT2D eigenvalue weighted by atomic mass is 32.2. The molecule has 1 aliphatic rings. The van der Waals surface area contributed by atoms with Gasteiger partial charge in [-0.25, -0.2) is 8.42 Å². The van der Waals surface area contributed by atoms with Crippen molar-refractivity contribution in [2.75, 3.05) is 25.9 Å². The van der Waals surface area contributed by atoms with Crippen molar-refractivity contribution in [1.82, 2.24) is 9.62 Å². The van der Waals surface area contributed by atoms with Crippen LogP contribution in [0, 0.1) is 0 Å². The SMILES string of the molecule is CNCc1ccc(S(=O)(=O)N2CCSC(C)C2)s1. The first-order valence-electron chi connectivity index (χ1n) is 5.89. The number of hydrogen-bond donors (Lipinski definition) is 1. The Morgan fingerprint density at radius 3 is 2.94 bits per heavy atom. The zero-order valence-corrected chi connectivity index (χ0v) is 13.0. The average Bonchev–Trinajstić information content (AvgIpc) is 2.79. The molecule has 2 rings (SSSR count). The average molecular weight is 306 g/mol. The Morgan fingerprint density at radius 2 is 2.28 bits per heavy atom. The van der Waals surface area contributed by atoms with Crippen molar-refractivity contribution in [2.24, 2.45) is 0 Å². The Kier molecular flexibility index (Phi) is 4.71. The van der Waals surface area contributed by atoms with E-state index >= 15 is 0 Å². The zero-order valence-electron chi connectivity index (χ0n) is 10.5. The van der Waals surface area contributed by atoms with Gasteiger partial charge in [0.2, 0.25) is 0 Å². The van der Waals surface area contributed by atoms with Crippen LogP contribution < -0.4 is 5.32 Å². The molecule has 1 aromatic rings. The van der Waals surface area contributed by atoms with Crippen LogP contribution in [0.25, 0.3) is 0 Å². The molecule has 1 aromatic heterocycles. The van der Waals surface area contributed by atoms with Crippen LogP contribution in [0.5, 0.6) is 0 Å². The predicted molar refractivity (Wildman–Crippen MR) is 77.8 cm³/mol. The lowest BCUT2D eigenvalue weighted by molar-refractivity contribution is 0.425. The van der Waals surface area contributed by atoms with Gasteiger partial charge in [0, 0.05) is 35.5 Å². The molecule has 1 unspecified atom stereocenters. The van der Waals surface area contributed by atoms with Crippen LogP contribution in [0.4, 0.5) is 0 Å². The molecule has 0 aromatic carbocycles. The van der Waals surface area contributed by atoms with Gasteiger partial charge in [-0.05, 0) is 19.2 Å². The highest BCUT2D eigenvalue weighted by molar-refractivity contribution is 8.00. The third kappa shape index (κ3) is 3.08. The van der Waals surface area contributed by atoms with E-state index in [0.717, 1.165) is 10.6 Å². The van der Waals surface area contributed by atoms with Crippen molar-refractivity contribution in [3.05, 3.63) is 17.0 Å². The zero-order chi connectivity index (χ0) is 13.2. The fourth-order valence-electron chi connectivity index (χ4n) is 1.90. The first-order chi connectivity index (χ1) is 8.54. The molecule has 102 valence electrons. The summed E-state index contributed by atoms with van der Waals surface area (Å²) in [6, 6.07) is 3.61. The van der Waals surface area contributed by atoms with Gasteiger partial charge in [-0.3, -0.25) is 0 Å². The van der Waals surface area contributed by atoms with E-state index in [-0.39, 0.29) is 0 Å². The molecule has 7 heteroatoms. The minimum absolute atomic E-state index is 0.380. The lowest BCUT2D eigenvalue weighted by Crippen LogP contribution is -2.40. The Morgan fingerprint density at radius 1 is 1.50 bits per heavy atom. The molecule has 1 saturated heterocycles.